The Morgan fingerprint density at radius 1 is 0.480 bits per heavy atom. The van der Waals surface area contributed by atoms with Crippen molar-refractivity contribution >= 4 is 43.9 Å². The van der Waals surface area contributed by atoms with Gasteiger partial charge in [0.1, 0.15) is 23.0 Å². The highest BCUT2D eigenvalue weighted by Gasteiger charge is 2.20. The van der Waals surface area contributed by atoms with E-state index in [1.165, 1.54) is 14.2 Å². The Hall–Kier alpha value is -5.21. The lowest BCUT2D eigenvalue weighted by Gasteiger charge is -2.14. The molecule has 6 aromatic carbocycles. The summed E-state index contributed by atoms with van der Waals surface area (Å²) in [6, 6.07) is 27.0. The molecular weight excluding hydrogens is 656 g/mol. The topological polar surface area (TPSA) is 95.8 Å². The summed E-state index contributed by atoms with van der Waals surface area (Å²) in [6.45, 7) is 12.5. The minimum atomic E-state index is -0.0345. The largest absolute Gasteiger partial charge is 0.504 e. The number of aromatic hydroxyl groups is 2. The van der Waals surface area contributed by atoms with Crippen molar-refractivity contribution in [1.29, 1.82) is 0 Å². The third kappa shape index (κ3) is 8.14. The Balaban J connectivity index is 0.000000169. The van der Waals surface area contributed by atoms with Gasteiger partial charge >= 0.3 is 0 Å². The molecule has 264 valence electrons. The average molecular weight is 701 g/mol. The molecule has 0 amide bonds. The standard InChI is InChI=1S/C15H18O2.C14H15ClO2.C12H12O4/c1-4-16-14-10-11(3)15(17-5-2)13-9-7-6-8-12(13)14;1-3-16-13-9-12(15)14(17-4-2)11-8-6-5-7-10(11)13;1-15-11-9(13)7-5-3-4-6-8(7)10(14)12(11)16-2/h6-10H,4-5H2,1-3H3;5-9H,3-4H2,1-2H3;3-6,13-14H,1-2H3. The van der Waals surface area contributed by atoms with Crippen molar-refractivity contribution in [2.24, 2.45) is 0 Å². The van der Waals surface area contributed by atoms with E-state index in [-0.39, 0.29) is 23.0 Å². The zero-order valence-corrected chi connectivity index (χ0v) is 30.4. The Morgan fingerprint density at radius 3 is 1.26 bits per heavy atom. The van der Waals surface area contributed by atoms with Crippen LogP contribution in [-0.2, 0) is 0 Å². The number of benzene rings is 6. The van der Waals surface area contributed by atoms with E-state index >= 15 is 0 Å². The van der Waals surface area contributed by atoms with Crippen LogP contribution in [0.3, 0.4) is 0 Å². The molecule has 0 heterocycles. The summed E-state index contributed by atoms with van der Waals surface area (Å²) in [6.07, 6.45) is 0. The monoisotopic (exact) mass is 700 g/mol. The Kier molecular flexibility index (Phi) is 13.5. The molecule has 0 fully saturated rings. The van der Waals surface area contributed by atoms with Crippen LogP contribution in [0, 0.1) is 6.92 Å². The number of phenols is 2. The molecule has 0 aliphatic heterocycles. The van der Waals surface area contributed by atoms with Crippen molar-refractivity contribution in [3.63, 3.8) is 0 Å². The minimum absolute atomic E-state index is 0.0345. The molecule has 6 rings (SSSR count). The summed E-state index contributed by atoms with van der Waals surface area (Å²) >= 11 is 6.22. The zero-order chi connectivity index (χ0) is 36.2. The maximum absolute atomic E-state index is 9.97. The van der Waals surface area contributed by atoms with Gasteiger partial charge in [-0.15, -0.1) is 0 Å². The van der Waals surface area contributed by atoms with Crippen LogP contribution in [-0.4, -0.2) is 50.9 Å². The lowest BCUT2D eigenvalue weighted by atomic mass is 10.0. The molecule has 0 aliphatic carbocycles. The van der Waals surface area contributed by atoms with Crippen LogP contribution in [0.4, 0.5) is 0 Å². The van der Waals surface area contributed by atoms with Gasteiger partial charge in [-0.05, 0) is 46.2 Å². The SMILES string of the molecule is CCOc1cc(C)c(OCC)c2ccccc12.CCOc1cc(Cl)c(OCC)c2ccccc12.COc1c(OC)c(O)c2ccccc2c1O. The maximum atomic E-state index is 9.97. The predicted molar refractivity (Wildman–Crippen MR) is 203 cm³/mol. The fraction of sp³-hybridized carbons (Fsp3) is 0.268. The van der Waals surface area contributed by atoms with Crippen LogP contribution < -0.4 is 28.4 Å². The molecule has 50 heavy (non-hydrogen) atoms. The summed E-state index contributed by atoms with van der Waals surface area (Å²) in [5, 5.41) is 25.8. The van der Waals surface area contributed by atoms with Gasteiger partial charge in [-0.25, -0.2) is 0 Å². The van der Waals surface area contributed by atoms with Gasteiger partial charge in [0.25, 0.3) is 0 Å². The number of aryl methyl sites for hydroxylation is 1. The van der Waals surface area contributed by atoms with Crippen LogP contribution in [0.15, 0.2) is 84.9 Å². The first-order valence-corrected chi connectivity index (χ1v) is 16.9. The van der Waals surface area contributed by atoms with Crippen LogP contribution in [0.1, 0.15) is 33.3 Å². The highest BCUT2D eigenvalue weighted by atomic mass is 35.5. The highest BCUT2D eigenvalue weighted by molar-refractivity contribution is 6.33. The first kappa shape index (κ1) is 37.6. The first-order chi connectivity index (χ1) is 24.3. The molecule has 0 bridgehead atoms. The molecule has 0 atom stereocenters. The van der Waals surface area contributed by atoms with Gasteiger partial charge in [0, 0.05) is 38.4 Å². The van der Waals surface area contributed by atoms with Crippen molar-refractivity contribution < 1.29 is 38.6 Å². The molecule has 0 saturated carbocycles. The molecule has 0 spiro atoms. The highest BCUT2D eigenvalue weighted by Crippen LogP contribution is 2.49. The summed E-state index contributed by atoms with van der Waals surface area (Å²) in [5.41, 5.74) is 1.12. The van der Waals surface area contributed by atoms with E-state index in [2.05, 4.69) is 25.1 Å². The second-order valence-electron chi connectivity index (χ2n) is 10.8. The molecular formula is C41H45ClO8. The summed E-state index contributed by atoms with van der Waals surface area (Å²) in [4.78, 5) is 0. The van der Waals surface area contributed by atoms with Crippen molar-refractivity contribution in [1.82, 2.24) is 0 Å². The fourth-order valence-electron chi connectivity index (χ4n) is 5.64. The fourth-order valence-corrected chi connectivity index (χ4v) is 5.90. The number of ether oxygens (including phenoxy) is 6. The first-order valence-electron chi connectivity index (χ1n) is 16.5. The predicted octanol–water partition coefficient (Wildman–Crippen LogP) is 10.5. The molecule has 9 heteroatoms. The van der Waals surface area contributed by atoms with Crippen molar-refractivity contribution in [2.75, 3.05) is 40.6 Å². The van der Waals surface area contributed by atoms with Gasteiger partial charge < -0.3 is 38.6 Å². The molecule has 6 aromatic rings. The number of halogens is 1. The van der Waals surface area contributed by atoms with Crippen LogP contribution in [0.5, 0.6) is 46.0 Å². The summed E-state index contributed by atoms with van der Waals surface area (Å²) < 4.78 is 32.6. The van der Waals surface area contributed by atoms with Gasteiger partial charge in [-0.2, -0.15) is 0 Å². The third-order valence-electron chi connectivity index (χ3n) is 7.71. The molecule has 0 radical (unpaired) electrons. The number of hydrogen-bond donors (Lipinski definition) is 2. The molecule has 0 aromatic heterocycles. The van der Waals surface area contributed by atoms with Crippen LogP contribution in [0.2, 0.25) is 5.02 Å². The van der Waals surface area contributed by atoms with E-state index in [0.717, 1.165) is 50.1 Å². The van der Waals surface area contributed by atoms with Crippen molar-refractivity contribution in [2.45, 2.75) is 34.6 Å². The average Bonchev–Trinajstić information content (AvgIpc) is 3.13. The normalized spacial score (nSPS) is 10.5. The number of phenolic OH excluding ortho intramolecular Hbond substituents is 2. The molecule has 0 saturated heterocycles. The summed E-state index contributed by atoms with van der Waals surface area (Å²) in [5.74, 6) is 3.64. The van der Waals surface area contributed by atoms with E-state index in [4.69, 9.17) is 40.0 Å². The number of rotatable bonds is 10. The van der Waals surface area contributed by atoms with E-state index in [1.54, 1.807) is 24.3 Å². The van der Waals surface area contributed by atoms with Crippen molar-refractivity contribution in [3.8, 4) is 46.0 Å². The number of fused-ring (bicyclic) bond motifs is 3. The molecule has 2 N–H and O–H groups in total. The van der Waals surface area contributed by atoms with E-state index in [1.807, 2.05) is 70.2 Å². The van der Waals surface area contributed by atoms with E-state index in [9.17, 15) is 10.2 Å². The van der Waals surface area contributed by atoms with Gasteiger partial charge in [0.15, 0.2) is 11.5 Å². The van der Waals surface area contributed by atoms with Gasteiger partial charge in [-0.1, -0.05) is 84.4 Å². The van der Waals surface area contributed by atoms with Gasteiger partial charge in [0.05, 0.1) is 45.7 Å². The second kappa shape index (κ2) is 18.0. The Morgan fingerprint density at radius 2 is 0.840 bits per heavy atom. The van der Waals surface area contributed by atoms with Crippen molar-refractivity contribution in [3.05, 3.63) is 95.5 Å². The maximum Gasteiger partial charge on any atom is 0.207 e. The number of methoxy groups -OCH3 is 2. The number of hydrogen-bond acceptors (Lipinski definition) is 8. The lowest BCUT2D eigenvalue weighted by molar-refractivity contribution is 0.320. The zero-order valence-electron chi connectivity index (χ0n) is 29.6. The quantitative estimate of drug-likeness (QED) is 0.136. The van der Waals surface area contributed by atoms with E-state index in [0.29, 0.717) is 42.2 Å². The second-order valence-corrected chi connectivity index (χ2v) is 11.2. The molecule has 8 nitrogen and oxygen atoms in total. The molecule has 0 aliphatic rings. The third-order valence-corrected chi connectivity index (χ3v) is 7.99. The Bertz CT molecular complexity index is 1900. The Labute approximate surface area is 298 Å². The van der Waals surface area contributed by atoms with Crippen LogP contribution >= 0.6 is 11.6 Å². The lowest BCUT2D eigenvalue weighted by Crippen LogP contribution is -1.98. The molecule has 0 unspecified atom stereocenters. The van der Waals surface area contributed by atoms with Gasteiger partial charge in [-0.3, -0.25) is 0 Å². The smallest absolute Gasteiger partial charge is 0.207 e. The summed E-state index contributed by atoms with van der Waals surface area (Å²) in [7, 11) is 2.82. The minimum Gasteiger partial charge on any atom is -0.504 e. The van der Waals surface area contributed by atoms with Gasteiger partial charge in [0.2, 0.25) is 11.5 Å². The van der Waals surface area contributed by atoms with E-state index < -0.39 is 0 Å². The van der Waals surface area contributed by atoms with Crippen LogP contribution in [0.25, 0.3) is 32.3 Å².